The summed E-state index contributed by atoms with van der Waals surface area (Å²) in [6.07, 6.45) is 3.44. The number of rotatable bonds is 8. The first kappa shape index (κ1) is 15.3. The zero-order chi connectivity index (χ0) is 13.4. The van der Waals surface area contributed by atoms with Gasteiger partial charge in [-0.15, -0.1) is 0 Å². The molecule has 0 aliphatic rings. The number of benzene rings is 1. The quantitative estimate of drug-likeness (QED) is 0.715. The molecule has 1 aromatic rings. The van der Waals surface area contributed by atoms with Gasteiger partial charge in [0.05, 0.1) is 11.6 Å². The van der Waals surface area contributed by atoms with Gasteiger partial charge >= 0.3 is 0 Å². The van der Waals surface area contributed by atoms with E-state index in [9.17, 15) is 0 Å². The first-order chi connectivity index (χ1) is 8.63. The molecular weight excluding hydrogens is 246 g/mol. The Balaban J connectivity index is 2.18. The molecule has 1 rings (SSSR count). The van der Waals surface area contributed by atoms with Gasteiger partial charge in [-0.05, 0) is 57.4 Å². The summed E-state index contributed by atoms with van der Waals surface area (Å²) in [6, 6.07) is 6.50. The fourth-order valence-corrected chi connectivity index (χ4v) is 2.20. The summed E-state index contributed by atoms with van der Waals surface area (Å²) >= 11 is 6.10. The van der Waals surface area contributed by atoms with Crippen LogP contribution >= 0.6 is 11.6 Å². The van der Waals surface area contributed by atoms with Gasteiger partial charge in [0.15, 0.2) is 0 Å². The Morgan fingerprint density at radius 2 is 2.11 bits per heavy atom. The van der Waals surface area contributed by atoms with Gasteiger partial charge in [0.1, 0.15) is 5.75 Å². The van der Waals surface area contributed by atoms with E-state index in [0.29, 0.717) is 11.1 Å². The largest absolute Gasteiger partial charge is 0.492 e. The summed E-state index contributed by atoms with van der Waals surface area (Å²) in [6.45, 7) is 8.16. The third-order valence-electron chi connectivity index (χ3n) is 2.93. The van der Waals surface area contributed by atoms with Crippen LogP contribution in [0.3, 0.4) is 0 Å². The lowest BCUT2D eigenvalue weighted by Crippen LogP contribution is -2.25. The first-order valence-electron chi connectivity index (χ1n) is 6.75. The molecule has 1 unspecified atom stereocenters. The van der Waals surface area contributed by atoms with Gasteiger partial charge in [-0.25, -0.2) is 0 Å². The average Bonchev–Trinajstić information content (AvgIpc) is 2.31. The zero-order valence-corrected chi connectivity index (χ0v) is 12.4. The third kappa shape index (κ3) is 5.74. The second-order valence-electron chi connectivity index (χ2n) is 4.74. The molecule has 0 aliphatic heterocycles. The van der Waals surface area contributed by atoms with E-state index in [4.69, 9.17) is 16.3 Å². The van der Waals surface area contributed by atoms with Crippen molar-refractivity contribution >= 4 is 11.6 Å². The maximum absolute atomic E-state index is 6.10. The number of aryl methyl sites for hydroxylation is 1. The summed E-state index contributed by atoms with van der Waals surface area (Å²) in [5, 5.41) is 4.11. The van der Waals surface area contributed by atoms with Crippen LogP contribution in [0.25, 0.3) is 0 Å². The van der Waals surface area contributed by atoms with Gasteiger partial charge in [0.2, 0.25) is 0 Å². The Labute approximate surface area is 116 Å². The molecule has 0 radical (unpaired) electrons. The fourth-order valence-electron chi connectivity index (χ4n) is 1.91. The lowest BCUT2D eigenvalue weighted by molar-refractivity contribution is 0.302. The van der Waals surface area contributed by atoms with Crippen molar-refractivity contribution in [1.29, 1.82) is 0 Å². The van der Waals surface area contributed by atoms with Crippen LogP contribution in [0, 0.1) is 6.92 Å². The molecular formula is C15H24ClNO. The van der Waals surface area contributed by atoms with Crippen LogP contribution < -0.4 is 10.1 Å². The van der Waals surface area contributed by atoms with Crippen molar-refractivity contribution in [1.82, 2.24) is 5.32 Å². The van der Waals surface area contributed by atoms with Gasteiger partial charge in [-0.1, -0.05) is 24.6 Å². The minimum absolute atomic E-state index is 0.595. The van der Waals surface area contributed by atoms with Gasteiger partial charge in [0.25, 0.3) is 0 Å². The Kier molecular flexibility index (Phi) is 7.14. The minimum atomic E-state index is 0.595. The number of halogens is 1. The number of hydrogen-bond acceptors (Lipinski definition) is 2. The number of ether oxygens (including phenoxy) is 1. The van der Waals surface area contributed by atoms with E-state index in [1.54, 1.807) is 0 Å². The van der Waals surface area contributed by atoms with Gasteiger partial charge < -0.3 is 10.1 Å². The molecule has 1 aromatic carbocycles. The molecule has 0 bridgehead atoms. The minimum Gasteiger partial charge on any atom is -0.492 e. The van der Waals surface area contributed by atoms with Crippen LogP contribution in [-0.4, -0.2) is 19.2 Å². The molecule has 18 heavy (non-hydrogen) atoms. The van der Waals surface area contributed by atoms with Crippen LogP contribution in [0.4, 0.5) is 0 Å². The van der Waals surface area contributed by atoms with E-state index in [1.165, 1.54) is 12.8 Å². The van der Waals surface area contributed by atoms with Gasteiger partial charge in [-0.2, -0.15) is 0 Å². The molecule has 0 saturated heterocycles. The fraction of sp³-hybridized carbons (Fsp3) is 0.600. The molecule has 0 saturated carbocycles. The lowest BCUT2D eigenvalue weighted by Gasteiger charge is -2.12. The van der Waals surface area contributed by atoms with E-state index >= 15 is 0 Å². The SMILES string of the molecule is CCNC(C)CCCCOc1ccc(C)cc1Cl. The highest BCUT2D eigenvalue weighted by molar-refractivity contribution is 6.32. The van der Waals surface area contributed by atoms with Crippen molar-refractivity contribution < 1.29 is 4.74 Å². The molecule has 0 fully saturated rings. The number of nitrogens with one attached hydrogen (secondary N) is 1. The molecule has 2 nitrogen and oxygen atoms in total. The number of hydrogen-bond donors (Lipinski definition) is 1. The average molecular weight is 270 g/mol. The summed E-state index contributed by atoms with van der Waals surface area (Å²) in [5.41, 5.74) is 1.16. The van der Waals surface area contributed by atoms with Crippen LogP contribution in [0.1, 0.15) is 38.7 Å². The molecule has 1 N–H and O–H groups in total. The second-order valence-corrected chi connectivity index (χ2v) is 5.14. The van der Waals surface area contributed by atoms with E-state index in [2.05, 4.69) is 19.2 Å². The first-order valence-corrected chi connectivity index (χ1v) is 7.13. The molecule has 0 aromatic heterocycles. The maximum Gasteiger partial charge on any atom is 0.137 e. The van der Waals surface area contributed by atoms with Crippen molar-refractivity contribution in [2.75, 3.05) is 13.2 Å². The van der Waals surface area contributed by atoms with Gasteiger partial charge in [-0.3, -0.25) is 0 Å². The Morgan fingerprint density at radius 3 is 2.78 bits per heavy atom. The van der Waals surface area contributed by atoms with E-state index in [-0.39, 0.29) is 0 Å². The van der Waals surface area contributed by atoms with E-state index in [0.717, 1.165) is 30.9 Å². The standard InChI is InChI=1S/C15H24ClNO/c1-4-17-13(3)7-5-6-10-18-15-9-8-12(2)11-14(15)16/h8-9,11,13,17H,4-7,10H2,1-3H3. The normalized spacial score (nSPS) is 12.4. The van der Waals surface area contributed by atoms with Crippen LogP contribution in [0.5, 0.6) is 5.75 Å². The van der Waals surface area contributed by atoms with Crippen molar-refractivity contribution in [3.63, 3.8) is 0 Å². The lowest BCUT2D eigenvalue weighted by atomic mass is 10.1. The Morgan fingerprint density at radius 1 is 1.33 bits per heavy atom. The van der Waals surface area contributed by atoms with Crippen molar-refractivity contribution in [2.24, 2.45) is 0 Å². The molecule has 0 heterocycles. The van der Waals surface area contributed by atoms with Crippen LogP contribution in [0.2, 0.25) is 5.02 Å². The highest BCUT2D eigenvalue weighted by Crippen LogP contribution is 2.25. The van der Waals surface area contributed by atoms with Crippen molar-refractivity contribution in [3.8, 4) is 5.75 Å². The summed E-state index contributed by atoms with van der Waals surface area (Å²) < 4.78 is 5.68. The Bertz CT molecular complexity index is 354. The Hall–Kier alpha value is -0.730. The van der Waals surface area contributed by atoms with E-state index in [1.807, 2.05) is 25.1 Å². The smallest absolute Gasteiger partial charge is 0.137 e. The van der Waals surface area contributed by atoms with Gasteiger partial charge in [0, 0.05) is 6.04 Å². The summed E-state index contributed by atoms with van der Waals surface area (Å²) in [7, 11) is 0. The number of unbranched alkanes of at least 4 members (excludes halogenated alkanes) is 1. The predicted octanol–water partition coefficient (Wildman–Crippen LogP) is 4.20. The second kappa shape index (κ2) is 8.39. The molecule has 1 atom stereocenters. The molecule has 0 amide bonds. The molecule has 3 heteroatoms. The summed E-state index contributed by atoms with van der Waals surface area (Å²) in [5.74, 6) is 0.794. The molecule has 0 spiro atoms. The zero-order valence-electron chi connectivity index (χ0n) is 11.6. The highest BCUT2D eigenvalue weighted by Gasteiger charge is 2.02. The van der Waals surface area contributed by atoms with Crippen molar-refractivity contribution in [2.45, 2.75) is 46.1 Å². The monoisotopic (exact) mass is 269 g/mol. The molecule has 0 aliphatic carbocycles. The third-order valence-corrected chi connectivity index (χ3v) is 3.22. The van der Waals surface area contributed by atoms with E-state index < -0.39 is 0 Å². The predicted molar refractivity (Wildman–Crippen MR) is 78.7 cm³/mol. The highest BCUT2D eigenvalue weighted by atomic mass is 35.5. The van der Waals surface area contributed by atoms with Crippen LogP contribution in [-0.2, 0) is 0 Å². The molecule has 102 valence electrons. The topological polar surface area (TPSA) is 21.3 Å². The van der Waals surface area contributed by atoms with Crippen molar-refractivity contribution in [3.05, 3.63) is 28.8 Å². The maximum atomic E-state index is 6.10. The van der Waals surface area contributed by atoms with Crippen LogP contribution in [0.15, 0.2) is 18.2 Å². The summed E-state index contributed by atoms with van der Waals surface area (Å²) in [4.78, 5) is 0.